The van der Waals surface area contributed by atoms with Gasteiger partial charge in [-0.05, 0) is 73.9 Å². The van der Waals surface area contributed by atoms with E-state index in [1.165, 1.54) is 38.9 Å². The first-order chi connectivity index (χ1) is 16.8. The molecule has 1 atom stereocenters. The highest BCUT2D eigenvalue weighted by atomic mass is 35.5. The second-order valence-electron chi connectivity index (χ2n) is 8.25. The van der Waals surface area contributed by atoms with Crippen LogP contribution in [0.1, 0.15) is 24.2 Å². The number of anilines is 1. The fourth-order valence-electron chi connectivity index (χ4n) is 4.20. The summed E-state index contributed by atoms with van der Waals surface area (Å²) < 4.78 is 47.6. The quantitative estimate of drug-likeness (QED) is 0.332. The number of benzene rings is 2. The van der Waals surface area contributed by atoms with E-state index in [-0.39, 0.29) is 18.0 Å². The number of furan rings is 1. The number of carbonyl (C=O) groups is 1. The fraction of sp³-hybridized carbons (Fsp3) is 0.250. The second-order valence-corrected chi connectivity index (χ2v) is 11.6. The van der Waals surface area contributed by atoms with Crippen LogP contribution in [0, 0.1) is 12.7 Å². The Morgan fingerprint density at radius 3 is 2.74 bits per heavy atom. The molecule has 0 saturated carbocycles. The SMILES string of the molecule is Cc1c(Cl)ccc2sc(N(Cc3ccco3)C(=O)C3CCCN3S(=O)(=O)c3ccc(F)cc3)nc12. The highest BCUT2D eigenvalue weighted by molar-refractivity contribution is 7.89. The van der Waals surface area contributed by atoms with Gasteiger partial charge in [0.05, 0.1) is 27.9 Å². The molecule has 182 valence electrons. The molecule has 35 heavy (non-hydrogen) atoms. The maximum atomic E-state index is 13.9. The summed E-state index contributed by atoms with van der Waals surface area (Å²) in [5.41, 5.74) is 1.50. The lowest BCUT2D eigenvalue weighted by Gasteiger charge is -2.28. The number of aryl methyl sites for hydroxylation is 1. The number of nitrogens with zero attached hydrogens (tertiary/aromatic N) is 3. The van der Waals surface area contributed by atoms with Crippen LogP contribution in [0.2, 0.25) is 5.02 Å². The van der Waals surface area contributed by atoms with Crippen LogP contribution in [0.4, 0.5) is 9.52 Å². The number of carbonyl (C=O) groups excluding carboxylic acids is 1. The summed E-state index contributed by atoms with van der Waals surface area (Å²) in [6.07, 6.45) is 2.41. The van der Waals surface area contributed by atoms with E-state index < -0.39 is 27.8 Å². The Morgan fingerprint density at radius 2 is 2.03 bits per heavy atom. The molecule has 7 nitrogen and oxygen atoms in total. The highest BCUT2D eigenvalue weighted by Gasteiger charge is 2.42. The van der Waals surface area contributed by atoms with Crippen molar-refractivity contribution >= 4 is 54.2 Å². The minimum absolute atomic E-state index is 0.0542. The van der Waals surface area contributed by atoms with Crippen LogP contribution in [-0.4, -0.2) is 36.2 Å². The van der Waals surface area contributed by atoms with Crippen LogP contribution < -0.4 is 4.90 Å². The maximum absolute atomic E-state index is 13.9. The number of amides is 1. The average molecular weight is 534 g/mol. The van der Waals surface area contributed by atoms with Gasteiger partial charge in [0.1, 0.15) is 17.6 Å². The molecule has 2 aromatic carbocycles. The molecule has 0 spiro atoms. The molecule has 4 aromatic rings. The zero-order chi connectivity index (χ0) is 24.7. The van der Waals surface area contributed by atoms with E-state index in [0.717, 1.165) is 22.4 Å². The maximum Gasteiger partial charge on any atom is 0.247 e. The number of hydrogen-bond donors (Lipinski definition) is 0. The lowest BCUT2D eigenvalue weighted by molar-refractivity contribution is -0.121. The van der Waals surface area contributed by atoms with Gasteiger partial charge in [0.15, 0.2) is 5.13 Å². The van der Waals surface area contributed by atoms with Crippen LogP contribution in [-0.2, 0) is 21.4 Å². The van der Waals surface area contributed by atoms with Gasteiger partial charge in [-0.1, -0.05) is 22.9 Å². The number of rotatable bonds is 6. The molecule has 11 heteroatoms. The molecule has 1 aliphatic heterocycles. The summed E-state index contributed by atoms with van der Waals surface area (Å²) >= 11 is 7.60. The summed E-state index contributed by atoms with van der Waals surface area (Å²) in [4.78, 5) is 20.0. The molecule has 1 fully saturated rings. The van der Waals surface area contributed by atoms with Crippen molar-refractivity contribution in [3.05, 3.63) is 77.0 Å². The molecular formula is C24H21ClFN3O4S2. The molecule has 0 radical (unpaired) electrons. The first-order valence-corrected chi connectivity index (χ1v) is 13.6. The van der Waals surface area contributed by atoms with Crippen molar-refractivity contribution in [2.75, 3.05) is 11.4 Å². The molecule has 0 bridgehead atoms. The number of hydrogen-bond acceptors (Lipinski definition) is 6. The largest absolute Gasteiger partial charge is 0.467 e. The van der Waals surface area contributed by atoms with Crippen molar-refractivity contribution in [2.24, 2.45) is 0 Å². The van der Waals surface area contributed by atoms with Gasteiger partial charge in [-0.2, -0.15) is 4.31 Å². The normalized spacial score (nSPS) is 16.7. The third kappa shape index (κ3) is 4.47. The van der Waals surface area contributed by atoms with E-state index in [4.69, 9.17) is 16.0 Å². The number of sulfonamides is 1. The van der Waals surface area contributed by atoms with Gasteiger partial charge in [0, 0.05) is 11.6 Å². The molecule has 1 unspecified atom stereocenters. The number of thiazole rings is 1. The van der Waals surface area contributed by atoms with Gasteiger partial charge >= 0.3 is 0 Å². The van der Waals surface area contributed by atoms with Crippen molar-refractivity contribution in [3.63, 3.8) is 0 Å². The molecule has 3 heterocycles. The molecule has 1 saturated heterocycles. The first-order valence-electron chi connectivity index (χ1n) is 10.9. The summed E-state index contributed by atoms with van der Waals surface area (Å²) in [5, 5.41) is 1.00. The Hall–Kier alpha value is -2.79. The van der Waals surface area contributed by atoms with Crippen LogP contribution in [0.5, 0.6) is 0 Å². The summed E-state index contributed by atoms with van der Waals surface area (Å²) in [5.74, 6) is -0.389. The van der Waals surface area contributed by atoms with Gasteiger partial charge < -0.3 is 4.42 Å². The Labute approximate surface area is 210 Å². The van der Waals surface area contributed by atoms with Crippen LogP contribution in [0.15, 0.2) is 64.1 Å². The molecule has 2 aromatic heterocycles. The summed E-state index contributed by atoms with van der Waals surface area (Å²) in [6.45, 7) is 2.15. The monoisotopic (exact) mass is 533 g/mol. The van der Waals surface area contributed by atoms with Crippen molar-refractivity contribution < 1.29 is 22.0 Å². The Kier molecular flexibility index (Phi) is 6.39. The Morgan fingerprint density at radius 1 is 1.26 bits per heavy atom. The summed E-state index contributed by atoms with van der Waals surface area (Å²) in [6, 6.07) is 10.8. The fourth-order valence-corrected chi connectivity index (χ4v) is 7.03. The third-order valence-electron chi connectivity index (χ3n) is 6.04. The zero-order valence-corrected chi connectivity index (χ0v) is 21.0. The first kappa shape index (κ1) is 23.9. The molecule has 1 aliphatic rings. The van der Waals surface area contributed by atoms with E-state index in [0.29, 0.717) is 34.3 Å². The van der Waals surface area contributed by atoms with Gasteiger partial charge in [0.25, 0.3) is 0 Å². The van der Waals surface area contributed by atoms with E-state index in [1.54, 1.807) is 18.2 Å². The van der Waals surface area contributed by atoms with Crippen molar-refractivity contribution in [3.8, 4) is 0 Å². The number of fused-ring (bicyclic) bond motifs is 1. The second kappa shape index (κ2) is 9.34. The average Bonchev–Trinajstić information content (AvgIpc) is 3.60. The highest BCUT2D eigenvalue weighted by Crippen LogP contribution is 2.36. The molecule has 5 rings (SSSR count). The van der Waals surface area contributed by atoms with Gasteiger partial charge in [-0.15, -0.1) is 0 Å². The molecule has 1 amide bonds. The standard InChI is InChI=1S/C24H21ClFN3O4S2/c1-15-19(25)10-11-21-22(15)27-24(34-21)28(14-17-4-3-13-33-17)23(30)20-5-2-12-29(20)35(31,32)18-8-6-16(26)7-9-18/h3-4,6-11,13,20H,2,5,12,14H2,1H3. The zero-order valence-electron chi connectivity index (χ0n) is 18.6. The third-order valence-corrected chi connectivity index (χ3v) is 9.41. The Balaban J connectivity index is 1.53. The molecule has 0 N–H and O–H groups in total. The molecular weight excluding hydrogens is 513 g/mol. The Bertz CT molecular complexity index is 1490. The van der Waals surface area contributed by atoms with Crippen LogP contribution in [0.3, 0.4) is 0 Å². The van der Waals surface area contributed by atoms with E-state index >= 15 is 0 Å². The lowest BCUT2D eigenvalue weighted by atomic mass is 10.2. The van der Waals surface area contributed by atoms with Crippen LogP contribution in [0.25, 0.3) is 10.2 Å². The van der Waals surface area contributed by atoms with Crippen molar-refractivity contribution in [1.82, 2.24) is 9.29 Å². The topological polar surface area (TPSA) is 83.7 Å². The van der Waals surface area contributed by atoms with E-state index in [2.05, 4.69) is 4.98 Å². The predicted octanol–water partition coefficient (Wildman–Crippen LogP) is 5.38. The van der Waals surface area contributed by atoms with Gasteiger partial charge in [0.2, 0.25) is 15.9 Å². The summed E-state index contributed by atoms with van der Waals surface area (Å²) in [7, 11) is -4.00. The van der Waals surface area contributed by atoms with Crippen molar-refractivity contribution in [2.45, 2.75) is 37.2 Å². The van der Waals surface area contributed by atoms with E-state index in [1.807, 2.05) is 13.0 Å². The molecule has 0 aliphatic carbocycles. The number of halogens is 2. The smallest absolute Gasteiger partial charge is 0.247 e. The predicted molar refractivity (Wildman–Crippen MR) is 133 cm³/mol. The van der Waals surface area contributed by atoms with Crippen LogP contribution >= 0.6 is 22.9 Å². The number of aromatic nitrogens is 1. The minimum Gasteiger partial charge on any atom is -0.467 e. The van der Waals surface area contributed by atoms with E-state index in [9.17, 15) is 17.6 Å². The van der Waals surface area contributed by atoms with Crippen molar-refractivity contribution in [1.29, 1.82) is 0 Å². The lowest BCUT2D eigenvalue weighted by Crippen LogP contribution is -2.47. The van der Waals surface area contributed by atoms with Gasteiger partial charge in [-0.25, -0.2) is 17.8 Å². The van der Waals surface area contributed by atoms with Gasteiger partial charge in [-0.3, -0.25) is 9.69 Å². The minimum atomic E-state index is -4.00.